The summed E-state index contributed by atoms with van der Waals surface area (Å²) in [6.45, 7) is 2.03. The van der Waals surface area contributed by atoms with Crippen LogP contribution < -0.4 is 5.73 Å². The number of aryl methyl sites for hydroxylation is 1. The van der Waals surface area contributed by atoms with Crippen molar-refractivity contribution in [3.63, 3.8) is 0 Å². The number of sulfonamides is 1. The second-order valence-electron chi connectivity index (χ2n) is 5.48. The Balaban J connectivity index is 2.35. The summed E-state index contributed by atoms with van der Waals surface area (Å²) in [5.74, 6) is -0.681. The van der Waals surface area contributed by atoms with Crippen LogP contribution in [0.3, 0.4) is 0 Å². The Morgan fingerprint density at radius 3 is 2.65 bits per heavy atom. The first kappa shape index (κ1) is 15.0. The number of primary amides is 1. The molecule has 112 valence electrons. The molecule has 8 heteroatoms. The molecule has 20 heavy (non-hydrogen) atoms. The highest BCUT2D eigenvalue weighted by Gasteiger charge is 2.36. The van der Waals surface area contributed by atoms with E-state index in [4.69, 9.17) is 5.73 Å². The third-order valence-electron chi connectivity index (χ3n) is 3.51. The number of nitrogens with zero attached hydrogens (tertiary/aromatic N) is 2. The van der Waals surface area contributed by atoms with Gasteiger partial charge in [0.05, 0.1) is 5.60 Å². The third-order valence-corrected chi connectivity index (χ3v) is 5.32. The second-order valence-corrected chi connectivity index (χ2v) is 7.41. The lowest BCUT2D eigenvalue weighted by molar-refractivity contribution is 0.00940. The monoisotopic (exact) mass is 301 g/mol. The number of carbonyl (C=O) groups is 1. The van der Waals surface area contributed by atoms with Gasteiger partial charge in [-0.15, -0.1) is 0 Å². The molecular formula is C12H19N3O4S. The fourth-order valence-corrected chi connectivity index (χ4v) is 4.12. The quantitative estimate of drug-likeness (QED) is 0.796. The summed E-state index contributed by atoms with van der Waals surface area (Å²) in [5, 5.41) is 10.0. The molecule has 1 fully saturated rings. The summed E-state index contributed by atoms with van der Waals surface area (Å²) in [4.78, 5) is 11.2. The van der Waals surface area contributed by atoms with Gasteiger partial charge in [-0.05, 0) is 25.8 Å². The molecule has 1 aromatic rings. The average molecular weight is 301 g/mol. The highest BCUT2D eigenvalue weighted by Crippen LogP contribution is 2.26. The van der Waals surface area contributed by atoms with Gasteiger partial charge in [-0.25, -0.2) is 8.42 Å². The number of hydrogen-bond acceptors (Lipinski definition) is 4. The van der Waals surface area contributed by atoms with Crippen LogP contribution in [0.2, 0.25) is 0 Å². The Morgan fingerprint density at radius 1 is 1.50 bits per heavy atom. The Bertz CT molecular complexity index is 633. The summed E-state index contributed by atoms with van der Waals surface area (Å²) >= 11 is 0. The van der Waals surface area contributed by atoms with Crippen LogP contribution in [0.25, 0.3) is 0 Å². The lowest BCUT2D eigenvalue weighted by Gasteiger charge is -2.35. The number of aliphatic hydroxyl groups is 1. The summed E-state index contributed by atoms with van der Waals surface area (Å²) in [6.07, 6.45) is 2.53. The van der Waals surface area contributed by atoms with Crippen molar-refractivity contribution in [1.82, 2.24) is 8.87 Å². The summed E-state index contributed by atoms with van der Waals surface area (Å²) < 4.78 is 27.7. The fraction of sp³-hybridized carbons (Fsp3) is 0.583. The number of amides is 1. The van der Waals surface area contributed by atoms with Crippen molar-refractivity contribution < 1.29 is 18.3 Å². The Kier molecular flexibility index (Phi) is 3.66. The maximum Gasteiger partial charge on any atom is 0.265 e. The maximum atomic E-state index is 12.5. The SMILES string of the molecule is Cn1cc(S(=O)(=O)N2CCCC(C)(O)C2)cc1C(N)=O. The summed E-state index contributed by atoms with van der Waals surface area (Å²) in [6, 6.07) is 1.26. The molecule has 1 aliphatic rings. The maximum absolute atomic E-state index is 12.5. The molecule has 0 spiro atoms. The normalized spacial score (nSPS) is 24.8. The second kappa shape index (κ2) is 4.87. The van der Waals surface area contributed by atoms with Crippen LogP contribution in [-0.2, 0) is 17.1 Å². The van der Waals surface area contributed by atoms with Crippen molar-refractivity contribution >= 4 is 15.9 Å². The molecule has 0 aliphatic carbocycles. The van der Waals surface area contributed by atoms with E-state index in [9.17, 15) is 18.3 Å². The number of hydrogen-bond donors (Lipinski definition) is 2. The molecule has 0 saturated carbocycles. The van der Waals surface area contributed by atoms with Crippen molar-refractivity contribution in [1.29, 1.82) is 0 Å². The minimum atomic E-state index is -3.72. The van der Waals surface area contributed by atoms with Crippen LogP contribution in [0.5, 0.6) is 0 Å². The molecule has 1 aromatic heterocycles. The van der Waals surface area contributed by atoms with Crippen LogP contribution in [-0.4, -0.2) is 47.0 Å². The van der Waals surface area contributed by atoms with Gasteiger partial charge in [0.1, 0.15) is 10.6 Å². The van der Waals surface area contributed by atoms with E-state index in [-0.39, 0.29) is 17.1 Å². The van der Waals surface area contributed by atoms with Crippen molar-refractivity contribution in [2.45, 2.75) is 30.3 Å². The van der Waals surface area contributed by atoms with Crippen LogP contribution in [0, 0.1) is 0 Å². The van der Waals surface area contributed by atoms with Gasteiger partial charge in [0.2, 0.25) is 10.0 Å². The van der Waals surface area contributed by atoms with Crippen molar-refractivity contribution in [3.8, 4) is 0 Å². The molecule has 1 unspecified atom stereocenters. The minimum absolute atomic E-state index is 0.0199. The highest BCUT2D eigenvalue weighted by molar-refractivity contribution is 7.89. The summed E-state index contributed by atoms with van der Waals surface area (Å²) in [7, 11) is -2.16. The predicted molar refractivity (Wildman–Crippen MR) is 72.5 cm³/mol. The van der Waals surface area contributed by atoms with Crippen LogP contribution in [0.1, 0.15) is 30.3 Å². The van der Waals surface area contributed by atoms with E-state index in [1.54, 1.807) is 14.0 Å². The predicted octanol–water partition coefficient (Wildman–Crippen LogP) is -0.340. The Labute approximate surface area is 118 Å². The molecule has 1 saturated heterocycles. The largest absolute Gasteiger partial charge is 0.389 e. The first-order valence-corrected chi connectivity index (χ1v) is 7.76. The van der Waals surface area contributed by atoms with Gasteiger partial charge in [-0.1, -0.05) is 0 Å². The van der Waals surface area contributed by atoms with Crippen molar-refractivity contribution in [2.75, 3.05) is 13.1 Å². The number of β-amino-alcohol motifs (C(OH)–C–C–N with tert-alkyl or cyclic N) is 1. The molecule has 1 atom stereocenters. The molecule has 0 aromatic carbocycles. The third kappa shape index (κ3) is 2.72. The first-order chi connectivity index (χ1) is 9.13. The van der Waals surface area contributed by atoms with E-state index in [1.165, 1.54) is 21.1 Å². The van der Waals surface area contributed by atoms with Crippen molar-refractivity contribution in [2.24, 2.45) is 12.8 Å². The molecular weight excluding hydrogens is 282 g/mol. The molecule has 1 aliphatic heterocycles. The zero-order chi connectivity index (χ0) is 15.1. The van der Waals surface area contributed by atoms with Gasteiger partial charge in [-0.3, -0.25) is 4.79 Å². The van der Waals surface area contributed by atoms with E-state index in [0.717, 1.165) is 0 Å². The zero-order valence-electron chi connectivity index (χ0n) is 11.5. The highest BCUT2D eigenvalue weighted by atomic mass is 32.2. The summed E-state index contributed by atoms with van der Waals surface area (Å²) in [5.41, 5.74) is 4.30. The molecule has 0 radical (unpaired) electrons. The molecule has 2 heterocycles. The van der Waals surface area contributed by atoms with E-state index in [0.29, 0.717) is 19.4 Å². The first-order valence-electron chi connectivity index (χ1n) is 6.32. The van der Waals surface area contributed by atoms with Crippen LogP contribution >= 0.6 is 0 Å². The van der Waals surface area contributed by atoms with E-state index >= 15 is 0 Å². The zero-order valence-corrected chi connectivity index (χ0v) is 12.4. The number of nitrogens with two attached hydrogens (primary N) is 1. The number of rotatable bonds is 3. The Hall–Kier alpha value is -1.38. The van der Waals surface area contributed by atoms with Gasteiger partial charge in [0, 0.05) is 26.3 Å². The molecule has 1 amide bonds. The topological polar surface area (TPSA) is 106 Å². The van der Waals surface area contributed by atoms with E-state index < -0.39 is 21.5 Å². The standard InChI is InChI=1S/C12H19N3O4S/c1-12(17)4-3-5-15(8-12)20(18,19)9-6-10(11(13)16)14(2)7-9/h6-7,17H,3-5,8H2,1-2H3,(H2,13,16). The van der Waals surface area contributed by atoms with Crippen LogP contribution in [0.4, 0.5) is 0 Å². The molecule has 7 nitrogen and oxygen atoms in total. The van der Waals surface area contributed by atoms with Gasteiger partial charge in [0.25, 0.3) is 5.91 Å². The lowest BCUT2D eigenvalue weighted by Crippen LogP contribution is -2.48. The van der Waals surface area contributed by atoms with Gasteiger partial charge < -0.3 is 15.4 Å². The molecule has 0 bridgehead atoms. The van der Waals surface area contributed by atoms with Crippen LogP contribution in [0.15, 0.2) is 17.2 Å². The minimum Gasteiger partial charge on any atom is -0.389 e. The fourth-order valence-electron chi connectivity index (χ4n) is 2.45. The Morgan fingerprint density at radius 2 is 2.15 bits per heavy atom. The number of carbonyl (C=O) groups excluding carboxylic acids is 1. The van der Waals surface area contributed by atoms with Gasteiger partial charge in [0.15, 0.2) is 0 Å². The molecule has 2 rings (SSSR count). The smallest absolute Gasteiger partial charge is 0.265 e. The van der Waals surface area contributed by atoms with E-state index in [1.807, 2.05) is 0 Å². The molecule has 3 N–H and O–H groups in total. The number of aromatic nitrogens is 1. The van der Waals surface area contributed by atoms with E-state index in [2.05, 4.69) is 0 Å². The number of piperidine rings is 1. The van der Waals surface area contributed by atoms with Gasteiger partial charge in [-0.2, -0.15) is 4.31 Å². The van der Waals surface area contributed by atoms with Gasteiger partial charge >= 0.3 is 0 Å². The average Bonchev–Trinajstić information content (AvgIpc) is 2.70. The van der Waals surface area contributed by atoms with Crippen molar-refractivity contribution in [3.05, 3.63) is 18.0 Å². The lowest BCUT2D eigenvalue weighted by atomic mass is 9.97.